The van der Waals surface area contributed by atoms with Crippen molar-refractivity contribution >= 4 is 15.9 Å². The molecule has 1 aliphatic heterocycles. The SMILES string of the molecule is CC1C(=O)NCCCN1S(=O)(=O)c1ccc(CN(C)C)cc1. The summed E-state index contributed by atoms with van der Waals surface area (Å²) >= 11 is 0. The van der Waals surface area contributed by atoms with Crippen LogP contribution in [-0.2, 0) is 21.4 Å². The van der Waals surface area contributed by atoms with Crippen molar-refractivity contribution < 1.29 is 13.2 Å². The lowest BCUT2D eigenvalue weighted by Gasteiger charge is -2.24. The molecule has 1 amide bonds. The van der Waals surface area contributed by atoms with Crippen LogP contribution in [0.15, 0.2) is 29.2 Å². The summed E-state index contributed by atoms with van der Waals surface area (Å²) in [5.41, 5.74) is 1.05. The zero-order valence-electron chi connectivity index (χ0n) is 13.2. The lowest BCUT2D eigenvalue weighted by molar-refractivity contribution is -0.123. The predicted molar refractivity (Wildman–Crippen MR) is 84.8 cm³/mol. The lowest BCUT2D eigenvalue weighted by atomic mass is 10.2. The van der Waals surface area contributed by atoms with Crippen molar-refractivity contribution in [1.82, 2.24) is 14.5 Å². The third-order valence-corrected chi connectivity index (χ3v) is 5.68. The first-order chi connectivity index (χ1) is 10.3. The standard InChI is InChI=1S/C15H23N3O3S/c1-12-15(19)16-9-4-10-18(12)22(20,21)14-7-5-13(6-8-14)11-17(2)3/h5-8,12H,4,9-11H2,1-3H3,(H,16,19). The van der Waals surface area contributed by atoms with Gasteiger partial charge in [-0.15, -0.1) is 0 Å². The molecule has 1 aromatic carbocycles. The molecule has 0 bridgehead atoms. The molecule has 1 heterocycles. The highest BCUT2D eigenvalue weighted by atomic mass is 32.2. The van der Waals surface area contributed by atoms with Crippen LogP contribution in [0, 0.1) is 0 Å². The van der Waals surface area contributed by atoms with Gasteiger partial charge in [-0.05, 0) is 45.1 Å². The Kier molecular flexibility index (Phi) is 5.20. The van der Waals surface area contributed by atoms with Gasteiger partial charge in [-0.25, -0.2) is 8.42 Å². The Bertz CT molecular complexity index is 626. The van der Waals surface area contributed by atoms with Crippen molar-refractivity contribution in [3.05, 3.63) is 29.8 Å². The summed E-state index contributed by atoms with van der Waals surface area (Å²) in [7, 11) is 0.267. The third-order valence-electron chi connectivity index (χ3n) is 3.69. The molecule has 1 N–H and O–H groups in total. The fraction of sp³-hybridized carbons (Fsp3) is 0.533. The summed E-state index contributed by atoms with van der Waals surface area (Å²) < 4.78 is 26.8. The summed E-state index contributed by atoms with van der Waals surface area (Å²) in [6.45, 7) is 3.24. The van der Waals surface area contributed by atoms with E-state index < -0.39 is 16.1 Å². The molecular formula is C15H23N3O3S. The fourth-order valence-corrected chi connectivity index (χ4v) is 4.15. The molecule has 1 atom stereocenters. The van der Waals surface area contributed by atoms with Crippen molar-refractivity contribution in [3.8, 4) is 0 Å². The molecular weight excluding hydrogens is 302 g/mol. The van der Waals surface area contributed by atoms with Crippen molar-refractivity contribution in [2.45, 2.75) is 30.8 Å². The van der Waals surface area contributed by atoms with Crippen LogP contribution in [0.3, 0.4) is 0 Å². The van der Waals surface area contributed by atoms with Gasteiger partial charge in [0.05, 0.1) is 4.90 Å². The van der Waals surface area contributed by atoms with Crippen LogP contribution < -0.4 is 5.32 Å². The maximum atomic E-state index is 12.8. The van der Waals surface area contributed by atoms with E-state index in [0.717, 1.165) is 12.1 Å². The number of hydrogen-bond acceptors (Lipinski definition) is 4. The quantitative estimate of drug-likeness (QED) is 0.882. The van der Waals surface area contributed by atoms with Gasteiger partial charge in [0, 0.05) is 19.6 Å². The van der Waals surface area contributed by atoms with E-state index >= 15 is 0 Å². The van der Waals surface area contributed by atoms with Gasteiger partial charge < -0.3 is 10.2 Å². The third kappa shape index (κ3) is 3.66. The summed E-state index contributed by atoms with van der Waals surface area (Å²) in [4.78, 5) is 14.1. The molecule has 0 spiro atoms. The van der Waals surface area contributed by atoms with Crippen molar-refractivity contribution in [2.24, 2.45) is 0 Å². The van der Waals surface area contributed by atoms with Crippen LogP contribution in [0.5, 0.6) is 0 Å². The van der Waals surface area contributed by atoms with Gasteiger partial charge in [-0.3, -0.25) is 4.79 Å². The second-order valence-corrected chi connectivity index (χ2v) is 7.71. The van der Waals surface area contributed by atoms with Gasteiger partial charge >= 0.3 is 0 Å². The molecule has 6 nitrogen and oxygen atoms in total. The number of carbonyl (C=O) groups excluding carboxylic acids is 1. The van der Waals surface area contributed by atoms with E-state index in [1.54, 1.807) is 19.1 Å². The first-order valence-electron chi connectivity index (χ1n) is 7.35. The van der Waals surface area contributed by atoms with Crippen LogP contribution >= 0.6 is 0 Å². The molecule has 0 aromatic heterocycles. The van der Waals surface area contributed by atoms with Gasteiger partial charge in [0.2, 0.25) is 15.9 Å². The number of rotatable bonds is 4. The second-order valence-electron chi connectivity index (χ2n) is 5.82. The van der Waals surface area contributed by atoms with E-state index in [1.807, 2.05) is 31.1 Å². The van der Waals surface area contributed by atoms with Gasteiger partial charge in [-0.2, -0.15) is 4.31 Å². The number of benzene rings is 1. The van der Waals surface area contributed by atoms with E-state index in [0.29, 0.717) is 19.5 Å². The Balaban J connectivity index is 2.27. The lowest BCUT2D eigenvalue weighted by Crippen LogP contribution is -2.45. The molecule has 1 fully saturated rings. The number of nitrogens with one attached hydrogen (secondary N) is 1. The highest BCUT2D eigenvalue weighted by Crippen LogP contribution is 2.20. The van der Waals surface area contributed by atoms with Gasteiger partial charge in [0.1, 0.15) is 6.04 Å². The van der Waals surface area contributed by atoms with Crippen molar-refractivity contribution in [2.75, 3.05) is 27.2 Å². The predicted octanol–water partition coefficient (Wildman–Crippen LogP) is 0.647. The molecule has 1 saturated heterocycles. The topological polar surface area (TPSA) is 69.7 Å². The molecule has 122 valence electrons. The van der Waals surface area contributed by atoms with Crippen LogP contribution in [-0.4, -0.2) is 56.8 Å². The zero-order valence-corrected chi connectivity index (χ0v) is 14.1. The molecule has 1 unspecified atom stereocenters. The Hall–Kier alpha value is -1.44. The Morgan fingerprint density at radius 3 is 2.50 bits per heavy atom. The van der Waals surface area contributed by atoms with Gasteiger partial charge in [0.25, 0.3) is 0 Å². The summed E-state index contributed by atoms with van der Waals surface area (Å²) in [5, 5.41) is 2.73. The second kappa shape index (κ2) is 6.76. The number of hydrogen-bond donors (Lipinski definition) is 1. The maximum absolute atomic E-state index is 12.8. The summed E-state index contributed by atoms with van der Waals surface area (Å²) in [6.07, 6.45) is 0.619. The zero-order chi connectivity index (χ0) is 16.3. The first-order valence-corrected chi connectivity index (χ1v) is 8.79. The number of sulfonamides is 1. The molecule has 1 aromatic rings. The minimum Gasteiger partial charge on any atom is -0.355 e. The largest absolute Gasteiger partial charge is 0.355 e. The highest BCUT2D eigenvalue weighted by Gasteiger charge is 2.34. The molecule has 7 heteroatoms. The van der Waals surface area contributed by atoms with Crippen LogP contribution in [0.25, 0.3) is 0 Å². The van der Waals surface area contributed by atoms with Crippen molar-refractivity contribution in [3.63, 3.8) is 0 Å². The molecule has 0 radical (unpaired) electrons. The van der Waals surface area contributed by atoms with Crippen LogP contribution in [0.1, 0.15) is 18.9 Å². The van der Waals surface area contributed by atoms with E-state index in [9.17, 15) is 13.2 Å². The Morgan fingerprint density at radius 2 is 1.91 bits per heavy atom. The monoisotopic (exact) mass is 325 g/mol. The van der Waals surface area contributed by atoms with E-state index in [-0.39, 0.29) is 10.8 Å². The number of nitrogens with zero attached hydrogens (tertiary/aromatic N) is 2. The maximum Gasteiger partial charge on any atom is 0.243 e. The van der Waals surface area contributed by atoms with Crippen LogP contribution in [0.4, 0.5) is 0 Å². The highest BCUT2D eigenvalue weighted by molar-refractivity contribution is 7.89. The number of carbonyl (C=O) groups is 1. The van der Waals surface area contributed by atoms with Gasteiger partial charge in [0.15, 0.2) is 0 Å². The van der Waals surface area contributed by atoms with Crippen LogP contribution in [0.2, 0.25) is 0 Å². The van der Waals surface area contributed by atoms with E-state index in [2.05, 4.69) is 5.32 Å². The Labute approximate surface area is 132 Å². The molecule has 2 rings (SSSR count). The molecule has 1 aliphatic rings. The first kappa shape index (κ1) is 16.9. The minimum absolute atomic E-state index is 0.233. The average Bonchev–Trinajstić information content (AvgIpc) is 2.62. The number of amides is 1. The Morgan fingerprint density at radius 1 is 1.27 bits per heavy atom. The minimum atomic E-state index is -3.65. The average molecular weight is 325 g/mol. The fourth-order valence-electron chi connectivity index (χ4n) is 2.51. The smallest absolute Gasteiger partial charge is 0.243 e. The summed E-state index contributed by atoms with van der Waals surface area (Å²) in [5.74, 6) is -0.245. The summed E-state index contributed by atoms with van der Waals surface area (Å²) in [6, 6.07) is 6.17. The molecule has 22 heavy (non-hydrogen) atoms. The van der Waals surface area contributed by atoms with Gasteiger partial charge in [-0.1, -0.05) is 12.1 Å². The van der Waals surface area contributed by atoms with E-state index in [4.69, 9.17) is 0 Å². The van der Waals surface area contributed by atoms with Crippen molar-refractivity contribution in [1.29, 1.82) is 0 Å². The van der Waals surface area contributed by atoms with E-state index in [1.165, 1.54) is 4.31 Å². The molecule has 0 saturated carbocycles. The normalized spacial score (nSPS) is 20.7. The molecule has 0 aliphatic carbocycles.